The van der Waals surface area contributed by atoms with Gasteiger partial charge in [-0.2, -0.15) is 0 Å². The van der Waals surface area contributed by atoms with Crippen LogP contribution in [0.25, 0.3) is 11.3 Å². The first-order chi connectivity index (χ1) is 15.2. The van der Waals surface area contributed by atoms with Crippen LogP contribution in [0.15, 0.2) is 95.9 Å². The van der Waals surface area contributed by atoms with Crippen LogP contribution in [-0.2, 0) is 13.2 Å². The minimum Gasteiger partial charge on any atom is -0.473 e. The number of aromatic amines is 1. The van der Waals surface area contributed by atoms with Crippen LogP contribution < -0.4 is 15.6 Å². The Kier molecular flexibility index (Phi) is 6.18. The van der Waals surface area contributed by atoms with Crippen LogP contribution >= 0.6 is 0 Å². The van der Waals surface area contributed by atoms with Crippen LogP contribution in [0.3, 0.4) is 0 Å². The Hall–Kier alpha value is -4.19. The average Bonchev–Trinajstić information content (AvgIpc) is 2.82. The third kappa shape index (κ3) is 5.25. The fraction of sp³-hybridized carbons (Fsp3) is 0.0800. The predicted octanol–water partition coefficient (Wildman–Crippen LogP) is 3.95. The number of nitrogens with zero attached hydrogens (tertiary/aromatic N) is 1. The number of amides is 1. The molecule has 0 aliphatic carbocycles. The van der Waals surface area contributed by atoms with Gasteiger partial charge in [-0.3, -0.25) is 9.59 Å². The van der Waals surface area contributed by atoms with Crippen LogP contribution in [0.1, 0.15) is 21.5 Å². The van der Waals surface area contributed by atoms with E-state index < -0.39 is 11.5 Å². The van der Waals surface area contributed by atoms with Crippen LogP contribution in [0.4, 0.5) is 0 Å². The molecule has 0 atom stereocenters. The van der Waals surface area contributed by atoms with Gasteiger partial charge in [0.25, 0.3) is 11.5 Å². The number of carbonyl (C=O) groups excluding carboxylic acids is 1. The Bertz CT molecular complexity index is 1220. The molecule has 4 aromatic rings. The standard InChI is InChI=1S/C25H21N3O3/c29-24(21-11-12-22(28-25(21)30)20-9-5-2-6-10-20)27-16-19-13-14-26-23(15-19)31-17-18-7-3-1-4-8-18/h1-15H,16-17H2,(H,27,29)(H,28,30). The molecule has 0 fully saturated rings. The van der Waals surface area contributed by atoms with E-state index in [1.54, 1.807) is 24.4 Å². The number of rotatable bonds is 7. The van der Waals surface area contributed by atoms with Crippen molar-refractivity contribution in [1.82, 2.24) is 15.3 Å². The quantitative estimate of drug-likeness (QED) is 0.482. The minimum absolute atomic E-state index is 0.0642. The lowest BCUT2D eigenvalue weighted by Gasteiger charge is -2.09. The molecule has 31 heavy (non-hydrogen) atoms. The summed E-state index contributed by atoms with van der Waals surface area (Å²) < 4.78 is 5.72. The third-order valence-corrected chi connectivity index (χ3v) is 4.72. The molecule has 0 radical (unpaired) electrons. The number of pyridine rings is 2. The molecule has 1 amide bonds. The summed E-state index contributed by atoms with van der Waals surface area (Å²) >= 11 is 0. The van der Waals surface area contributed by atoms with Crippen molar-refractivity contribution in [2.45, 2.75) is 13.2 Å². The summed E-state index contributed by atoms with van der Waals surface area (Å²) in [5.41, 5.74) is 3.04. The molecule has 2 aromatic carbocycles. The molecule has 4 rings (SSSR count). The smallest absolute Gasteiger partial charge is 0.261 e. The highest BCUT2D eigenvalue weighted by atomic mass is 16.5. The van der Waals surface area contributed by atoms with Gasteiger partial charge in [-0.25, -0.2) is 4.98 Å². The summed E-state index contributed by atoms with van der Waals surface area (Å²) in [6, 6.07) is 26.1. The molecule has 6 heteroatoms. The van der Waals surface area contributed by atoms with Crippen molar-refractivity contribution in [3.63, 3.8) is 0 Å². The minimum atomic E-state index is -0.440. The molecule has 0 unspecified atom stereocenters. The van der Waals surface area contributed by atoms with Crippen LogP contribution in [0.5, 0.6) is 5.88 Å². The Morgan fingerprint density at radius 3 is 2.39 bits per heavy atom. The van der Waals surface area contributed by atoms with Crippen molar-refractivity contribution in [2.24, 2.45) is 0 Å². The Morgan fingerprint density at radius 2 is 1.65 bits per heavy atom. The van der Waals surface area contributed by atoms with E-state index in [0.717, 1.165) is 16.7 Å². The Morgan fingerprint density at radius 1 is 0.903 bits per heavy atom. The zero-order chi connectivity index (χ0) is 21.5. The number of nitrogens with one attached hydrogen (secondary N) is 2. The van der Waals surface area contributed by atoms with Crippen molar-refractivity contribution in [3.05, 3.63) is 118 Å². The van der Waals surface area contributed by atoms with Crippen LogP contribution in [0, 0.1) is 0 Å². The van der Waals surface area contributed by atoms with E-state index in [9.17, 15) is 9.59 Å². The Labute approximate surface area is 179 Å². The highest BCUT2D eigenvalue weighted by molar-refractivity contribution is 5.94. The highest BCUT2D eigenvalue weighted by Crippen LogP contribution is 2.15. The van der Waals surface area contributed by atoms with E-state index in [-0.39, 0.29) is 12.1 Å². The van der Waals surface area contributed by atoms with Gasteiger partial charge < -0.3 is 15.0 Å². The second-order valence-corrected chi connectivity index (χ2v) is 6.94. The number of aromatic nitrogens is 2. The summed E-state index contributed by atoms with van der Waals surface area (Å²) in [4.78, 5) is 31.9. The van der Waals surface area contributed by atoms with Gasteiger partial charge in [-0.05, 0) is 34.9 Å². The number of hydrogen-bond donors (Lipinski definition) is 2. The first-order valence-corrected chi connectivity index (χ1v) is 9.87. The lowest BCUT2D eigenvalue weighted by atomic mass is 10.1. The number of H-pyrrole nitrogens is 1. The average molecular weight is 411 g/mol. The second kappa shape index (κ2) is 9.54. The molecule has 2 heterocycles. The molecule has 154 valence electrons. The number of benzene rings is 2. The van der Waals surface area contributed by atoms with Crippen molar-refractivity contribution >= 4 is 5.91 Å². The SMILES string of the molecule is O=C(NCc1ccnc(OCc2ccccc2)c1)c1ccc(-c2ccccc2)[nH]c1=O. The molecule has 0 aliphatic rings. The molecular formula is C25H21N3O3. The van der Waals surface area contributed by atoms with Gasteiger partial charge >= 0.3 is 0 Å². The lowest BCUT2D eigenvalue weighted by Crippen LogP contribution is -2.29. The van der Waals surface area contributed by atoms with E-state index >= 15 is 0 Å². The summed E-state index contributed by atoms with van der Waals surface area (Å²) in [5.74, 6) is 0.0325. The van der Waals surface area contributed by atoms with E-state index in [0.29, 0.717) is 18.2 Å². The van der Waals surface area contributed by atoms with Gasteiger partial charge in [0.15, 0.2) is 0 Å². The van der Waals surface area contributed by atoms with Crippen molar-refractivity contribution in [1.29, 1.82) is 0 Å². The number of carbonyl (C=O) groups is 1. The topological polar surface area (TPSA) is 84.1 Å². The van der Waals surface area contributed by atoms with E-state index in [2.05, 4.69) is 15.3 Å². The maximum absolute atomic E-state index is 12.5. The van der Waals surface area contributed by atoms with Gasteiger partial charge in [0.1, 0.15) is 12.2 Å². The number of ether oxygens (including phenoxy) is 1. The van der Waals surface area contributed by atoms with Gasteiger partial charge in [-0.1, -0.05) is 60.7 Å². The Balaban J connectivity index is 1.38. The van der Waals surface area contributed by atoms with E-state index in [1.807, 2.05) is 60.7 Å². The van der Waals surface area contributed by atoms with Gasteiger partial charge in [0, 0.05) is 24.5 Å². The fourth-order valence-electron chi connectivity index (χ4n) is 3.09. The molecular weight excluding hydrogens is 390 g/mol. The number of hydrogen-bond acceptors (Lipinski definition) is 4. The van der Waals surface area contributed by atoms with Gasteiger partial charge in [-0.15, -0.1) is 0 Å². The summed E-state index contributed by atoms with van der Waals surface area (Å²) in [7, 11) is 0. The molecule has 2 N–H and O–H groups in total. The van der Waals surface area contributed by atoms with Gasteiger partial charge in [0.05, 0.1) is 0 Å². The molecule has 6 nitrogen and oxygen atoms in total. The lowest BCUT2D eigenvalue weighted by molar-refractivity contribution is 0.0949. The first kappa shape index (κ1) is 20.1. The van der Waals surface area contributed by atoms with Crippen molar-refractivity contribution in [2.75, 3.05) is 0 Å². The normalized spacial score (nSPS) is 10.5. The monoisotopic (exact) mass is 411 g/mol. The van der Waals surface area contributed by atoms with Crippen LogP contribution in [0.2, 0.25) is 0 Å². The summed E-state index contributed by atoms with van der Waals surface area (Å²) in [6.07, 6.45) is 1.63. The van der Waals surface area contributed by atoms with Crippen LogP contribution in [-0.4, -0.2) is 15.9 Å². The van der Waals surface area contributed by atoms with Crippen molar-refractivity contribution < 1.29 is 9.53 Å². The zero-order valence-corrected chi connectivity index (χ0v) is 16.7. The molecule has 0 saturated heterocycles. The van der Waals surface area contributed by atoms with Gasteiger partial charge in [0.2, 0.25) is 5.88 Å². The van der Waals surface area contributed by atoms with Crippen molar-refractivity contribution in [3.8, 4) is 17.1 Å². The second-order valence-electron chi connectivity index (χ2n) is 6.94. The summed E-state index contributed by atoms with van der Waals surface area (Å²) in [5, 5.41) is 2.77. The third-order valence-electron chi connectivity index (χ3n) is 4.72. The molecule has 0 saturated carbocycles. The molecule has 0 spiro atoms. The fourth-order valence-corrected chi connectivity index (χ4v) is 3.09. The first-order valence-electron chi connectivity index (χ1n) is 9.87. The summed E-state index contributed by atoms with van der Waals surface area (Å²) in [6.45, 7) is 0.662. The van der Waals surface area contributed by atoms with E-state index in [4.69, 9.17) is 4.74 Å². The zero-order valence-electron chi connectivity index (χ0n) is 16.7. The molecule has 0 bridgehead atoms. The predicted molar refractivity (Wildman–Crippen MR) is 119 cm³/mol. The largest absolute Gasteiger partial charge is 0.473 e. The molecule has 2 aromatic heterocycles. The highest BCUT2D eigenvalue weighted by Gasteiger charge is 2.11. The maximum atomic E-state index is 12.5. The maximum Gasteiger partial charge on any atom is 0.261 e. The molecule has 0 aliphatic heterocycles. The van der Waals surface area contributed by atoms with E-state index in [1.165, 1.54) is 6.07 Å².